The summed E-state index contributed by atoms with van der Waals surface area (Å²) >= 11 is 0. The molecule has 0 atom stereocenters. The minimum absolute atomic E-state index is 0.347. The van der Waals surface area contributed by atoms with E-state index < -0.39 is 0 Å². The lowest BCUT2D eigenvalue weighted by Crippen LogP contribution is -1.98. The van der Waals surface area contributed by atoms with E-state index in [2.05, 4.69) is 10.2 Å². The Bertz CT molecular complexity index is 709. The van der Waals surface area contributed by atoms with E-state index in [0.717, 1.165) is 16.5 Å². The summed E-state index contributed by atoms with van der Waals surface area (Å²) in [5.41, 5.74) is 1.96. The summed E-state index contributed by atoms with van der Waals surface area (Å²) in [5, 5.41) is 8.06. The number of hydrogen-bond acceptors (Lipinski definition) is 3. The van der Waals surface area contributed by atoms with Gasteiger partial charge in [0.05, 0.1) is 11.7 Å². The van der Waals surface area contributed by atoms with Crippen molar-refractivity contribution >= 4 is 21.9 Å². The molecular weight excluding hydrogens is 192 g/mol. The Labute approximate surface area is 84.5 Å². The minimum atomic E-state index is -0.347. The fraction of sp³-hybridized carbons (Fsp3) is 0.0909. The number of aryl methyl sites for hydroxylation is 1. The molecule has 0 radical (unpaired) electrons. The van der Waals surface area contributed by atoms with Gasteiger partial charge in [0.1, 0.15) is 11.0 Å². The van der Waals surface area contributed by atoms with Crippen molar-refractivity contribution < 1.29 is 4.42 Å². The van der Waals surface area contributed by atoms with E-state index in [1.54, 1.807) is 0 Å². The molecule has 0 unspecified atom stereocenters. The topological polar surface area (TPSA) is 58.9 Å². The highest BCUT2D eigenvalue weighted by Crippen LogP contribution is 2.22. The van der Waals surface area contributed by atoms with Gasteiger partial charge >= 0.3 is 5.63 Å². The lowest BCUT2D eigenvalue weighted by molar-refractivity contribution is 0.567. The van der Waals surface area contributed by atoms with Crippen LogP contribution in [0.3, 0.4) is 0 Å². The van der Waals surface area contributed by atoms with Crippen molar-refractivity contribution in [3.8, 4) is 0 Å². The standard InChI is InChI=1S/C11H8N2O2/c1-6-3-2-4-7-9-8(5-12-13-9)11(14)15-10(6)7/h2-5H,1H3,(H,12,13). The maximum absolute atomic E-state index is 11.6. The van der Waals surface area contributed by atoms with E-state index >= 15 is 0 Å². The Morgan fingerprint density at radius 2 is 2.20 bits per heavy atom. The Morgan fingerprint density at radius 1 is 1.33 bits per heavy atom. The highest BCUT2D eigenvalue weighted by atomic mass is 16.4. The van der Waals surface area contributed by atoms with Crippen molar-refractivity contribution in [2.75, 3.05) is 0 Å². The zero-order valence-corrected chi connectivity index (χ0v) is 8.07. The van der Waals surface area contributed by atoms with Gasteiger partial charge in [0, 0.05) is 5.39 Å². The van der Waals surface area contributed by atoms with Gasteiger partial charge in [-0.05, 0) is 18.6 Å². The number of nitrogens with one attached hydrogen (secondary N) is 1. The van der Waals surface area contributed by atoms with Gasteiger partial charge in [-0.1, -0.05) is 12.1 Å². The largest absolute Gasteiger partial charge is 0.422 e. The fourth-order valence-electron chi connectivity index (χ4n) is 1.78. The number of benzene rings is 1. The Morgan fingerprint density at radius 3 is 3.07 bits per heavy atom. The summed E-state index contributed by atoms with van der Waals surface area (Å²) in [6.07, 6.45) is 1.49. The number of nitrogens with zero attached hydrogens (tertiary/aromatic N) is 1. The zero-order chi connectivity index (χ0) is 10.4. The quantitative estimate of drug-likeness (QED) is 0.564. The lowest BCUT2D eigenvalue weighted by atomic mass is 10.1. The van der Waals surface area contributed by atoms with Crippen molar-refractivity contribution in [3.63, 3.8) is 0 Å². The van der Waals surface area contributed by atoms with Crippen LogP contribution >= 0.6 is 0 Å². The second kappa shape index (κ2) is 2.70. The number of hydrogen-bond donors (Lipinski definition) is 1. The molecule has 0 saturated heterocycles. The summed E-state index contributed by atoms with van der Waals surface area (Å²) in [6.45, 7) is 1.91. The summed E-state index contributed by atoms with van der Waals surface area (Å²) in [7, 11) is 0. The predicted octanol–water partition coefficient (Wildman–Crippen LogP) is 1.98. The molecule has 0 aliphatic rings. The minimum Gasteiger partial charge on any atom is -0.422 e. The van der Waals surface area contributed by atoms with Gasteiger partial charge in [-0.3, -0.25) is 5.10 Å². The Kier molecular flexibility index (Phi) is 1.48. The van der Waals surface area contributed by atoms with Crippen molar-refractivity contribution in [1.82, 2.24) is 10.2 Å². The molecule has 2 aromatic heterocycles. The SMILES string of the molecule is Cc1cccc2c1oc(=O)c1cn[nH]c12. The first-order valence-corrected chi connectivity index (χ1v) is 4.63. The van der Waals surface area contributed by atoms with E-state index in [0.29, 0.717) is 11.0 Å². The van der Waals surface area contributed by atoms with Crippen LogP contribution in [0.25, 0.3) is 21.9 Å². The van der Waals surface area contributed by atoms with Crippen LogP contribution in [-0.2, 0) is 0 Å². The molecule has 0 aliphatic heterocycles. The number of rotatable bonds is 0. The molecule has 3 rings (SSSR count). The smallest absolute Gasteiger partial charge is 0.347 e. The molecular formula is C11H8N2O2. The first-order chi connectivity index (χ1) is 7.27. The van der Waals surface area contributed by atoms with Gasteiger partial charge in [0.25, 0.3) is 0 Å². The molecule has 0 spiro atoms. The van der Waals surface area contributed by atoms with Crippen LogP contribution in [0.4, 0.5) is 0 Å². The van der Waals surface area contributed by atoms with Gasteiger partial charge < -0.3 is 4.42 Å². The number of aromatic amines is 1. The van der Waals surface area contributed by atoms with Crippen LogP contribution in [0.2, 0.25) is 0 Å². The molecule has 2 heterocycles. The molecule has 3 aromatic rings. The maximum Gasteiger partial charge on any atom is 0.347 e. The molecule has 4 heteroatoms. The summed E-state index contributed by atoms with van der Waals surface area (Å²) in [5.74, 6) is 0. The van der Waals surface area contributed by atoms with E-state index in [4.69, 9.17) is 4.42 Å². The van der Waals surface area contributed by atoms with Crippen LogP contribution in [0.1, 0.15) is 5.56 Å². The van der Waals surface area contributed by atoms with Crippen LogP contribution in [0, 0.1) is 6.92 Å². The van der Waals surface area contributed by atoms with Gasteiger partial charge in [0.15, 0.2) is 0 Å². The molecule has 4 nitrogen and oxygen atoms in total. The second-order valence-corrected chi connectivity index (χ2v) is 3.50. The highest BCUT2D eigenvalue weighted by molar-refractivity contribution is 6.02. The zero-order valence-electron chi connectivity index (χ0n) is 8.07. The third kappa shape index (κ3) is 1.01. The normalized spacial score (nSPS) is 11.3. The molecule has 74 valence electrons. The fourth-order valence-corrected chi connectivity index (χ4v) is 1.78. The van der Waals surface area contributed by atoms with Crippen molar-refractivity contribution in [3.05, 3.63) is 40.4 Å². The van der Waals surface area contributed by atoms with Gasteiger partial charge in [-0.15, -0.1) is 0 Å². The van der Waals surface area contributed by atoms with E-state index in [9.17, 15) is 4.79 Å². The van der Waals surface area contributed by atoms with Crippen LogP contribution in [0.15, 0.2) is 33.6 Å². The van der Waals surface area contributed by atoms with Crippen LogP contribution in [0.5, 0.6) is 0 Å². The highest BCUT2D eigenvalue weighted by Gasteiger charge is 2.09. The third-order valence-corrected chi connectivity index (χ3v) is 2.54. The van der Waals surface area contributed by atoms with Gasteiger partial charge in [-0.25, -0.2) is 4.79 Å². The summed E-state index contributed by atoms with van der Waals surface area (Å²) < 4.78 is 5.25. The monoisotopic (exact) mass is 200 g/mol. The van der Waals surface area contributed by atoms with Crippen LogP contribution < -0.4 is 5.63 Å². The molecule has 0 aliphatic carbocycles. The average molecular weight is 200 g/mol. The number of aromatic nitrogens is 2. The van der Waals surface area contributed by atoms with Gasteiger partial charge in [0.2, 0.25) is 0 Å². The van der Waals surface area contributed by atoms with Crippen molar-refractivity contribution in [2.45, 2.75) is 6.92 Å². The third-order valence-electron chi connectivity index (χ3n) is 2.54. The maximum atomic E-state index is 11.6. The lowest BCUT2D eigenvalue weighted by Gasteiger charge is -2.00. The van der Waals surface area contributed by atoms with Crippen molar-refractivity contribution in [1.29, 1.82) is 0 Å². The number of fused-ring (bicyclic) bond motifs is 3. The van der Waals surface area contributed by atoms with E-state index in [-0.39, 0.29) is 5.63 Å². The number of para-hydroxylation sites is 1. The van der Waals surface area contributed by atoms with E-state index in [1.165, 1.54) is 6.20 Å². The molecule has 0 bridgehead atoms. The average Bonchev–Trinajstić information content (AvgIpc) is 2.69. The Hall–Kier alpha value is -2.10. The summed E-state index contributed by atoms with van der Waals surface area (Å²) in [4.78, 5) is 11.6. The second-order valence-electron chi connectivity index (χ2n) is 3.50. The number of H-pyrrole nitrogens is 1. The molecule has 0 saturated carbocycles. The molecule has 1 N–H and O–H groups in total. The first-order valence-electron chi connectivity index (χ1n) is 4.63. The molecule has 1 aromatic carbocycles. The molecule has 0 amide bonds. The summed E-state index contributed by atoms with van der Waals surface area (Å²) in [6, 6.07) is 5.75. The molecule has 0 fully saturated rings. The molecule has 15 heavy (non-hydrogen) atoms. The van der Waals surface area contributed by atoms with E-state index in [1.807, 2.05) is 25.1 Å². The Balaban J connectivity index is 2.72. The van der Waals surface area contributed by atoms with Crippen LogP contribution in [-0.4, -0.2) is 10.2 Å². The van der Waals surface area contributed by atoms with Crippen molar-refractivity contribution in [2.24, 2.45) is 0 Å². The predicted molar refractivity (Wildman–Crippen MR) is 56.9 cm³/mol. The first kappa shape index (κ1) is 8.23. The van der Waals surface area contributed by atoms with Gasteiger partial charge in [-0.2, -0.15) is 5.10 Å².